The van der Waals surface area contributed by atoms with E-state index in [0.717, 1.165) is 25.1 Å². The van der Waals surface area contributed by atoms with Gasteiger partial charge in [-0.2, -0.15) is 10.5 Å². The number of nitrogens with zero attached hydrogens (tertiary/aromatic N) is 1. The Morgan fingerprint density at radius 3 is 2.70 bits per heavy atom. The van der Waals surface area contributed by atoms with Crippen molar-refractivity contribution in [2.45, 2.75) is 37.5 Å². The topological polar surface area (TPSA) is 60.3 Å². The van der Waals surface area contributed by atoms with Gasteiger partial charge < -0.3 is 14.6 Å². The van der Waals surface area contributed by atoms with Gasteiger partial charge in [0.25, 0.3) is 12.0 Å². The zero-order chi connectivity index (χ0) is 21.4. The third kappa shape index (κ3) is 4.49. The predicted octanol–water partition coefficient (Wildman–Crippen LogP) is 2.71. The van der Waals surface area contributed by atoms with Crippen molar-refractivity contribution < 1.29 is 22.7 Å². The van der Waals surface area contributed by atoms with E-state index in [9.17, 15) is 22.8 Å². The number of nitrogens with one attached hydrogen (secondary N) is 1. The van der Waals surface area contributed by atoms with Gasteiger partial charge in [-0.1, -0.05) is 11.8 Å². The van der Waals surface area contributed by atoms with Gasteiger partial charge in [-0.05, 0) is 36.3 Å². The molecule has 1 N–H and O–H groups in total. The minimum absolute atomic E-state index is 0.00359. The molecule has 0 radical (unpaired) electrons. The molecule has 1 aromatic rings. The number of amides is 1. The van der Waals surface area contributed by atoms with Crippen LogP contribution in [0.4, 0.5) is 18.9 Å². The predicted molar refractivity (Wildman–Crippen MR) is 111 cm³/mol. The van der Waals surface area contributed by atoms with Crippen molar-refractivity contribution in [3.05, 3.63) is 28.4 Å². The highest BCUT2D eigenvalue weighted by atomic mass is 32.2. The maximum absolute atomic E-state index is 13.9. The number of ether oxygens (including phenoxy) is 1. The molecular formula is C21H23F3N2O3S. The number of carbonyl (C=O) groups is 1. The molecule has 0 bridgehead atoms. The number of alkyl halides is 2. The molecule has 30 heavy (non-hydrogen) atoms. The van der Waals surface area contributed by atoms with Crippen molar-refractivity contribution in [1.82, 2.24) is 4.57 Å². The summed E-state index contributed by atoms with van der Waals surface area (Å²) in [4.78, 5) is 26.0. The van der Waals surface area contributed by atoms with E-state index in [2.05, 4.69) is 17.2 Å². The fourth-order valence-electron chi connectivity index (χ4n) is 3.89. The van der Waals surface area contributed by atoms with Crippen LogP contribution in [0.15, 0.2) is 17.1 Å². The lowest BCUT2D eigenvalue weighted by atomic mass is 9.95. The molecule has 162 valence electrons. The molecule has 3 heterocycles. The maximum atomic E-state index is 13.9. The van der Waals surface area contributed by atoms with Crippen molar-refractivity contribution in [2.24, 2.45) is 17.8 Å². The van der Waals surface area contributed by atoms with E-state index in [-0.39, 0.29) is 39.2 Å². The van der Waals surface area contributed by atoms with E-state index < -0.39 is 24.3 Å². The van der Waals surface area contributed by atoms with Crippen molar-refractivity contribution in [3.8, 4) is 11.8 Å². The van der Waals surface area contributed by atoms with Crippen LogP contribution in [0.25, 0.3) is 0 Å². The van der Waals surface area contributed by atoms with Crippen molar-refractivity contribution in [2.75, 3.05) is 24.8 Å². The second-order valence-corrected chi connectivity index (χ2v) is 10.1. The molecule has 3 atom stereocenters. The molecule has 4 rings (SSSR count). The van der Waals surface area contributed by atoms with E-state index in [1.165, 1.54) is 4.86 Å². The van der Waals surface area contributed by atoms with Crippen molar-refractivity contribution in [1.29, 1.82) is 0 Å². The molecule has 3 unspecified atom stereocenters. The maximum Gasteiger partial charge on any atom is 0.286 e. The third-order valence-electron chi connectivity index (χ3n) is 5.61. The fraction of sp³-hybridized carbons (Fsp3) is 0.571. The Kier molecular flexibility index (Phi) is 6.07. The summed E-state index contributed by atoms with van der Waals surface area (Å²) in [6, 6.07) is 0.879. The second kappa shape index (κ2) is 8.60. The number of anilines is 1. The summed E-state index contributed by atoms with van der Waals surface area (Å²) in [5.41, 5.74) is -1.13. The smallest absolute Gasteiger partial charge is 0.286 e. The summed E-state index contributed by atoms with van der Waals surface area (Å²) in [7, 11) is -0.284. The Hall–Kier alpha value is -2.05. The molecule has 3 aliphatic rings. The number of hydrogen-bond acceptors (Lipinski definition) is 3. The van der Waals surface area contributed by atoms with Gasteiger partial charge in [0.15, 0.2) is 5.82 Å². The fourth-order valence-corrected chi connectivity index (χ4v) is 6.44. The van der Waals surface area contributed by atoms with Crippen LogP contribution in [-0.4, -0.2) is 46.5 Å². The average molecular weight is 440 g/mol. The van der Waals surface area contributed by atoms with Crippen molar-refractivity contribution >= 4 is 26.9 Å². The molecule has 1 amide bonds. The molecule has 0 aromatic carbocycles. The van der Waals surface area contributed by atoms with Crippen LogP contribution in [0.3, 0.4) is 0 Å². The Balaban J connectivity index is 1.52. The molecule has 2 fully saturated rings. The Morgan fingerprint density at radius 1 is 1.37 bits per heavy atom. The Bertz CT molecular complexity index is 1000. The number of pyridine rings is 1. The molecule has 9 heteroatoms. The van der Waals surface area contributed by atoms with Crippen LogP contribution in [0, 0.1) is 35.4 Å². The van der Waals surface area contributed by atoms with Gasteiger partial charge in [0, 0.05) is 18.2 Å². The van der Waals surface area contributed by atoms with E-state index in [1.807, 2.05) is 6.26 Å². The summed E-state index contributed by atoms with van der Waals surface area (Å²) in [6.07, 6.45) is 3.14. The summed E-state index contributed by atoms with van der Waals surface area (Å²) in [5, 5.41) is 2.32. The molecule has 0 spiro atoms. The summed E-state index contributed by atoms with van der Waals surface area (Å²) >= 11 is 0. The van der Waals surface area contributed by atoms with Gasteiger partial charge in [0.2, 0.25) is 5.91 Å². The highest BCUT2D eigenvalue weighted by Crippen LogP contribution is 2.46. The van der Waals surface area contributed by atoms with Gasteiger partial charge >= 0.3 is 0 Å². The average Bonchev–Trinajstić information content (AvgIpc) is 3.41. The van der Waals surface area contributed by atoms with Gasteiger partial charge in [0.1, 0.15) is 0 Å². The molecule has 1 aliphatic carbocycles. The van der Waals surface area contributed by atoms with Crippen LogP contribution in [0.2, 0.25) is 0 Å². The first-order valence-corrected chi connectivity index (χ1v) is 11.6. The minimum atomic E-state index is -2.81. The number of hydrogen-bond donors (Lipinski definition) is 1. The van der Waals surface area contributed by atoms with Crippen LogP contribution in [-0.2, 0) is 16.1 Å². The zero-order valence-electron chi connectivity index (χ0n) is 16.5. The van der Waals surface area contributed by atoms with Gasteiger partial charge in [-0.3, -0.25) is 9.59 Å². The second-order valence-electron chi connectivity index (χ2n) is 7.95. The molecule has 1 saturated heterocycles. The molecule has 5 nitrogen and oxygen atoms in total. The van der Waals surface area contributed by atoms with Gasteiger partial charge in [-0.15, -0.1) is 0 Å². The van der Waals surface area contributed by atoms with E-state index in [1.54, 1.807) is 0 Å². The number of carbonyl (C=O) groups excluding carboxylic acids is 1. The first-order valence-electron chi connectivity index (χ1n) is 9.92. The minimum Gasteiger partial charge on any atom is -0.379 e. The van der Waals surface area contributed by atoms with Gasteiger partial charge in [0.05, 0.1) is 36.6 Å². The third-order valence-corrected chi connectivity index (χ3v) is 8.23. The lowest BCUT2D eigenvalue weighted by Gasteiger charge is -2.20. The van der Waals surface area contributed by atoms with E-state index >= 15 is 0 Å². The quantitative estimate of drug-likeness (QED) is 0.566. The normalized spacial score (nSPS) is 26.3. The lowest BCUT2D eigenvalue weighted by Crippen LogP contribution is -2.29. The standard InChI is InChI=1S/C21H23F3N2O3S/c1-30-17(6-14(19(30)13-4-5-13)3-2-12-10-29-11-12)20(27)25-15-7-16(22)21(28)26(8-15)9-18(23)24/h7-8,12-14,17-18H,4-6,9-11H2,1H3,(H,25,27). The van der Waals surface area contributed by atoms with Crippen LogP contribution in [0.5, 0.6) is 0 Å². The first-order chi connectivity index (χ1) is 14.3. The van der Waals surface area contributed by atoms with Crippen LogP contribution in [0.1, 0.15) is 19.3 Å². The monoisotopic (exact) mass is 440 g/mol. The largest absolute Gasteiger partial charge is 0.379 e. The highest BCUT2D eigenvalue weighted by molar-refractivity contribution is 8.16. The number of rotatable bonds is 5. The van der Waals surface area contributed by atoms with E-state index in [4.69, 9.17) is 4.74 Å². The van der Waals surface area contributed by atoms with Crippen LogP contribution < -0.4 is 10.9 Å². The first kappa shape index (κ1) is 21.2. The molecule has 1 saturated carbocycles. The molecule has 1 aromatic heterocycles. The number of aromatic nitrogens is 1. The highest BCUT2D eigenvalue weighted by Gasteiger charge is 2.41. The zero-order valence-corrected chi connectivity index (χ0v) is 17.3. The Labute approximate surface area is 174 Å². The molecule has 2 aliphatic heterocycles. The molecular weight excluding hydrogens is 417 g/mol. The summed E-state index contributed by atoms with van der Waals surface area (Å²) in [5.74, 6) is 5.98. The van der Waals surface area contributed by atoms with Gasteiger partial charge in [-0.25, -0.2) is 13.2 Å². The SMILES string of the molecule is CS1=C(C2CC2)C(C#CC2COC2)CC1C(=O)Nc1cc(F)c(=O)n(CC(F)F)c1. The van der Waals surface area contributed by atoms with E-state index in [0.29, 0.717) is 30.1 Å². The van der Waals surface area contributed by atoms with Crippen molar-refractivity contribution in [3.63, 3.8) is 0 Å². The Morgan fingerprint density at radius 2 is 2.10 bits per heavy atom. The number of halogens is 3. The summed E-state index contributed by atoms with van der Waals surface area (Å²) < 4.78 is 45.0. The van der Waals surface area contributed by atoms with Crippen LogP contribution >= 0.6 is 10.5 Å². The lowest BCUT2D eigenvalue weighted by molar-refractivity contribution is -0.115. The summed E-state index contributed by atoms with van der Waals surface area (Å²) in [6.45, 7) is 0.378.